The van der Waals surface area contributed by atoms with E-state index in [9.17, 15) is 4.79 Å². The lowest BCUT2D eigenvalue weighted by Gasteiger charge is -2.34. The molecule has 6 nitrogen and oxygen atoms in total. The molecule has 0 saturated carbocycles. The molecule has 1 unspecified atom stereocenters. The predicted octanol–water partition coefficient (Wildman–Crippen LogP) is 2.41. The average Bonchev–Trinajstić information content (AvgIpc) is 2.52. The first kappa shape index (κ1) is 21.0. The summed E-state index contributed by atoms with van der Waals surface area (Å²) < 4.78 is 0. The molecule has 1 amide bonds. The monoisotopic (exact) mass is 465 g/mol. The largest absolute Gasteiger partial charge is 0.370 e. The third-order valence-corrected chi connectivity index (χ3v) is 4.07. The van der Waals surface area contributed by atoms with E-state index < -0.39 is 0 Å². The van der Waals surface area contributed by atoms with E-state index in [0.29, 0.717) is 24.0 Å². The number of aliphatic imine (C=N–C) groups is 1. The van der Waals surface area contributed by atoms with Gasteiger partial charge in [0, 0.05) is 32.3 Å². The van der Waals surface area contributed by atoms with Gasteiger partial charge in [-0.1, -0.05) is 17.7 Å². The maximum Gasteiger partial charge on any atom is 0.217 e. The van der Waals surface area contributed by atoms with E-state index in [1.807, 2.05) is 13.0 Å². The second-order valence-corrected chi connectivity index (χ2v) is 6.17. The maximum atomic E-state index is 11.1. The van der Waals surface area contributed by atoms with Gasteiger partial charge in [0.15, 0.2) is 5.96 Å². The van der Waals surface area contributed by atoms with Crippen molar-refractivity contribution >= 4 is 47.4 Å². The van der Waals surface area contributed by atoms with Crippen LogP contribution < -0.4 is 11.1 Å². The Balaban J connectivity index is 0.00000288. The van der Waals surface area contributed by atoms with Crippen LogP contribution in [0.2, 0.25) is 5.15 Å². The van der Waals surface area contributed by atoms with E-state index in [-0.39, 0.29) is 29.9 Å². The molecule has 2 rings (SSSR count). The highest BCUT2D eigenvalue weighted by Gasteiger charge is 2.23. The number of carbonyl (C=O) groups excluding carboxylic acids is 1. The molecule has 0 radical (unpaired) electrons. The van der Waals surface area contributed by atoms with Crippen LogP contribution in [0.15, 0.2) is 23.3 Å². The first-order valence-corrected chi connectivity index (χ1v) is 8.38. The summed E-state index contributed by atoms with van der Waals surface area (Å²) in [6.07, 6.45) is 4.27. The molecule has 2 heterocycles. The van der Waals surface area contributed by atoms with Gasteiger partial charge in [-0.05, 0) is 37.3 Å². The summed E-state index contributed by atoms with van der Waals surface area (Å²) >= 11 is 5.80. The lowest BCUT2D eigenvalue weighted by molar-refractivity contribution is -0.119. The maximum absolute atomic E-state index is 11.1. The normalized spacial score (nSPS) is 18.0. The Morgan fingerprint density at radius 3 is 2.96 bits per heavy atom. The molecule has 1 aliphatic rings. The molecule has 8 heteroatoms. The number of amides is 1. The van der Waals surface area contributed by atoms with Crippen molar-refractivity contribution in [2.24, 2.45) is 16.6 Å². The van der Waals surface area contributed by atoms with Gasteiger partial charge in [-0.15, -0.1) is 24.0 Å². The van der Waals surface area contributed by atoms with Crippen LogP contribution in [0.25, 0.3) is 0 Å². The molecule has 1 aromatic heterocycles. The number of rotatable bonds is 5. The number of nitrogens with two attached hydrogens (primary N) is 1. The minimum atomic E-state index is -0.231. The third kappa shape index (κ3) is 6.80. The standard InChI is InChI=1S/C16H24ClN5O.HI/c1-2-19-16(21-10-13-5-6-14(17)20-9-13)22-7-3-4-12(11-22)8-15(18)23;/h5-6,9,12H,2-4,7-8,10-11H2,1H3,(H2,18,23)(H,19,21);1H. The Morgan fingerprint density at radius 2 is 2.33 bits per heavy atom. The highest BCUT2D eigenvalue weighted by Crippen LogP contribution is 2.19. The summed E-state index contributed by atoms with van der Waals surface area (Å²) in [5, 5.41) is 3.80. The molecule has 134 valence electrons. The number of likely N-dealkylation sites (tertiary alicyclic amines) is 1. The number of carbonyl (C=O) groups is 1. The average molecular weight is 466 g/mol. The van der Waals surface area contributed by atoms with Crippen LogP contribution in [0, 0.1) is 5.92 Å². The molecule has 1 aliphatic heterocycles. The molecule has 0 spiro atoms. The third-order valence-electron chi connectivity index (χ3n) is 3.84. The summed E-state index contributed by atoms with van der Waals surface area (Å²) in [5.41, 5.74) is 6.34. The SMILES string of the molecule is CCNC(=NCc1ccc(Cl)nc1)N1CCCC(CC(N)=O)C1.I. The van der Waals surface area contributed by atoms with E-state index >= 15 is 0 Å². The zero-order valence-electron chi connectivity index (χ0n) is 13.9. The molecule has 3 N–H and O–H groups in total. The molecule has 1 aromatic rings. The first-order valence-electron chi connectivity index (χ1n) is 8.00. The lowest BCUT2D eigenvalue weighted by Crippen LogP contribution is -2.47. The molecule has 0 bridgehead atoms. The zero-order valence-corrected chi connectivity index (χ0v) is 17.0. The number of hydrogen-bond donors (Lipinski definition) is 2. The second kappa shape index (κ2) is 10.7. The Hall–Kier alpha value is -1.09. The van der Waals surface area contributed by atoms with Gasteiger partial charge >= 0.3 is 0 Å². The Morgan fingerprint density at radius 1 is 1.54 bits per heavy atom. The van der Waals surface area contributed by atoms with E-state index in [1.54, 1.807) is 12.3 Å². The molecule has 24 heavy (non-hydrogen) atoms. The fourth-order valence-electron chi connectivity index (χ4n) is 2.80. The van der Waals surface area contributed by atoms with Gasteiger partial charge in [-0.3, -0.25) is 4.79 Å². The van der Waals surface area contributed by atoms with Gasteiger partial charge in [-0.2, -0.15) is 0 Å². The smallest absolute Gasteiger partial charge is 0.217 e. The van der Waals surface area contributed by atoms with Gasteiger partial charge in [0.25, 0.3) is 0 Å². The molecule has 0 aromatic carbocycles. The fourth-order valence-corrected chi connectivity index (χ4v) is 2.91. The van der Waals surface area contributed by atoms with Crippen molar-refractivity contribution in [3.05, 3.63) is 29.0 Å². The van der Waals surface area contributed by atoms with Gasteiger partial charge in [-0.25, -0.2) is 9.98 Å². The second-order valence-electron chi connectivity index (χ2n) is 5.78. The highest BCUT2D eigenvalue weighted by molar-refractivity contribution is 14.0. The van der Waals surface area contributed by atoms with Gasteiger partial charge in [0.2, 0.25) is 5.91 Å². The van der Waals surface area contributed by atoms with Crippen LogP contribution in [0.1, 0.15) is 31.7 Å². The number of primary amides is 1. The zero-order chi connectivity index (χ0) is 16.7. The van der Waals surface area contributed by atoms with E-state index in [1.165, 1.54) is 0 Å². The molecule has 1 saturated heterocycles. The minimum Gasteiger partial charge on any atom is -0.370 e. The van der Waals surface area contributed by atoms with Gasteiger partial charge < -0.3 is 16.0 Å². The predicted molar refractivity (Wildman–Crippen MR) is 108 cm³/mol. The van der Waals surface area contributed by atoms with Crippen molar-refractivity contribution in [1.82, 2.24) is 15.2 Å². The van der Waals surface area contributed by atoms with Crippen molar-refractivity contribution in [3.8, 4) is 0 Å². The van der Waals surface area contributed by atoms with Gasteiger partial charge in [0.05, 0.1) is 6.54 Å². The van der Waals surface area contributed by atoms with Crippen LogP contribution in [-0.4, -0.2) is 41.4 Å². The number of hydrogen-bond acceptors (Lipinski definition) is 3. The molecule has 1 atom stereocenters. The molecule has 0 aliphatic carbocycles. The van der Waals surface area contributed by atoms with Crippen LogP contribution >= 0.6 is 35.6 Å². The molecule has 1 fully saturated rings. The molecular formula is C16H25ClIN5O. The summed E-state index contributed by atoms with van der Waals surface area (Å²) in [4.78, 5) is 22.1. The van der Waals surface area contributed by atoms with E-state index in [0.717, 1.165) is 44.0 Å². The van der Waals surface area contributed by atoms with Crippen molar-refractivity contribution in [3.63, 3.8) is 0 Å². The first-order chi connectivity index (χ1) is 11.1. The summed E-state index contributed by atoms with van der Waals surface area (Å²) in [6.45, 7) is 5.15. The van der Waals surface area contributed by atoms with Crippen molar-refractivity contribution < 1.29 is 4.79 Å². The van der Waals surface area contributed by atoms with Crippen LogP contribution in [-0.2, 0) is 11.3 Å². The highest BCUT2D eigenvalue weighted by atomic mass is 127. The van der Waals surface area contributed by atoms with Crippen LogP contribution in [0.5, 0.6) is 0 Å². The summed E-state index contributed by atoms with van der Waals surface area (Å²) in [7, 11) is 0. The number of piperidine rings is 1. The fraction of sp³-hybridized carbons (Fsp3) is 0.562. The number of guanidine groups is 1. The number of halogens is 2. The minimum absolute atomic E-state index is 0. The van der Waals surface area contributed by atoms with E-state index in [4.69, 9.17) is 17.3 Å². The van der Waals surface area contributed by atoms with Crippen molar-refractivity contribution in [2.75, 3.05) is 19.6 Å². The van der Waals surface area contributed by atoms with Crippen molar-refractivity contribution in [1.29, 1.82) is 0 Å². The number of aromatic nitrogens is 1. The summed E-state index contributed by atoms with van der Waals surface area (Å²) in [6, 6.07) is 3.69. The Bertz CT molecular complexity index is 552. The Labute approximate surface area is 165 Å². The van der Waals surface area contributed by atoms with Crippen LogP contribution in [0.3, 0.4) is 0 Å². The van der Waals surface area contributed by atoms with Crippen LogP contribution in [0.4, 0.5) is 0 Å². The number of nitrogens with one attached hydrogen (secondary N) is 1. The lowest BCUT2D eigenvalue weighted by atomic mass is 9.95. The quantitative estimate of drug-likeness (QED) is 0.303. The number of nitrogens with zero attached hydrogens (tertiary/aromatic N) is 3. The Kier molecular flexibility index (Phi) is 9.35. The number of pyridine rings is 1. The topological polar surface area (TPSA) is 83.6 Å². The molecular weight excluding hydrogens is 441 g/mol. The van der Waals surface area contributed by atoms with E-state index in [2.05, 4.69) is 20.2 Å². The van der Waals surface area contributed by atoms with Gasteiger partial charge in [0.1, 0.15) is 5.15 Å². The van der Waals surface area contributed by atoms with Crippen molar-refractivity contribution in [2.45, 2.75) is 32.7 Å². The summed E-state index contributed by atoms with van der Waals surface area (Å²) in [5.74, 6) is 0.949.